The summed E-state index contributed by atoms with van der Waals surface area (Å²) in [5, 5.41) is 8.91. The molecule has 2 aromatic carbocycles. The third-order valence-electron chi connectivity index (χ3n) is 7.22. The molecule has 0 bridgehead atoms. The van der Waals surface area contributed by atoms with E-state index in [0.717, 1.165) is 23.2 Å². The predicted molar refractivity (Wildman–Crippen MR) is 129 cm³/mol. The maximum Gasteiger partial charge on any atom is 0.294 e. The van der Waals surface area contributed by atoms with Crippen molar-refractivity contribution >= 4 is 39.9 Å². The van der Waals surface area contributed by atoms with Crippen LogP contribution < -0.4 is 10.5 Å². The highest BCUT2D eigenvalue weighted by Crippen LogP contribution is 2.40. The van der Waals surface area contributed by atoms with Gasteiger partial charge in [-0.1, -0.05) is 11.6 Å². The van der Waals surface area contributed by atoms with Gasteiger partial charge in [0, 0.05) is 41.6 Å². The number of amides is 1. The number of benzene rings is 2. The molecular weight excluding hydrogens is 476 g/mol. The lowest BCUT2D eigenvalue weighted by Gasteiger charge is -2.27. The second-order valence-electron chi connectivity index (χ2n) is 9.47. The second-order valence-corrected chi connectivity index (χ2v) is 9.90. The summed E-state index contributed by atoms with van der Waals surface area (Å²) in [5.74, 6) is -2.54. The standard InChI is InChI=1S/C25H22ClF2N5O2/c1-13-10-20-18(12-17(13)24(35)32-9-6-15-11-16(26)2-3-19(15)32)29-23(34)22-31-30-21(33(20)22)14-4-7-25(27,28)8-5-14/h2-3,10-12,14H,4-9H2,1H3,(H,29,34). The van der Waals surface area contributed by atoms with Gasteiger partial charge in [-0.3, -0.25) is 14.0 Å². The molecule has 4 aromatic rings. The molecule has 1 N–H and O–H groups in total. The van der Waals surface area contributed by atoms with E-state index in [1.54, 1.807) is 21.4 Å². The first kappa shape index (κ1) is 22.2. The van der Waals surface area contributed by atoms with Gasteiger partial charge in [-0.05, 0) is 67.6 Å². The molecule has 0 saturated heterocycles. The Hall–Kier alpha value is -3.33. The number of alkyl halides is 2. The third-order valence-corrected chi connectivity index (χ3v) is 7.45. The molecule has 1 fully saturated rings. The maximum absolute atomic E-state index is 13.7. The van der Waals surface area contributed by atoms with Crippen molar-refractivity contribution in [2.24, 2.45) is 0 Å². The Balaban J connectivity index is 1.44. The van der Waals surface area contributed by atoms with Gasteiger partial charge >= 0.3 is 0 Å². The number of carbonyl (C=O) groups is 1. The van der Waals surface area contributed by atoms with Crippen LogP contribution >= 0.6 is 11.6 Å². The fraction of sp³-hybridized carbons (Fsp3) is 0.360. The lowest BCUT2D eigenvalue weighted by molar-refractivity contribution is -0.0388. The molecule has 1 aliphatic carbocycles. The summed E-state index contributed by atoms with van der Waals surface area (Å²) in [4.78, 5) is 30.9. The first-order valence-corrected chi connectivity index (χ1v) is 12.0. The summed E-state index contributed by atoms with van der Waals surface area (Å²) in [7, 11) is 0. The molecule has 2 aromatic heterocycles. The molecule has 180 valence electrons. The average Bonchev–Trinajstić information content (AvgIpc) is 3.44. The number of fused-ring (bicyclic) bond motifs is 4. The zero-order chi connectivity index (χ0) is 24.5. The lowest BCUT2D eigenvalue weighted by Crippen LogP contribution is -2.29. The van der Waals surface area contributed by atoms with E-state index in [-0.39, 0.29) is 43.2 Å². The van der Waals surface area contributed by atoms with Crippen molar-refractivity contribution in [1.82, 2.24) is 19.6 Å². The highest BCUT2D eigenvalue weighted by molar-refractivity contribution is 6.30. The van der Waals surface area contributed by atoms with E-state index in [0.29, 0.717) is 34.0 Å². The molecule has 0 unspecified atom stereocenters. The number of anilines is 1. The van der Waals surface area contributed by atoms with Crippen LogP contribution in [0.4, 0.5) is 14.5 Å². The number of aryl methyl sites for hydroxylation is 1. The summed E-state index contributed by atoms with van der Waals surface area (Å²) in [5.41, 5.74) is 3.84. The molecule has 1 aliphatic heterocycles. The van der Waals surface area contributed by atoms with Crippen molar-refractivity contribution in [2.45, 2.75) is 50.9 Å². The third kappa shape index (κ3) is 3.60. The molecule has 6 rings (SSSR count). The Morgan fingerprint density at radius 3 is 2.71 bits per heavy atom. The monoisotopic (exact) mass is 497 g/mol. The van der Waals surface area contributed by atoms with Crippen molar-refractivity contribution in [3.63, 3.8) is 0 Å². The highest BCUT2D eigenvalue weighted by atomic mass is 35.5. The van der Waals surface area contributed by atoms with Gasteiger partial charge in [0.2, 0.25) is 11.6 Å². The Kier molecular flexibility index (Phi) is 4.96. The van der Waals surface area contributed by atoms with Crippen LogP contribution in [-0.2, 0) is 6.42 Å². The molecule has 3 heterocycles. The van der Waals surface area contributed by atoms with Gasteiger partial charge in [-0.15, -0.1) is 10.2 Å². The number of halogens is 3. The van der Waals surface area contributed by atoms with Crippen molar-refractivity contribution in [3.8, 4) is 0 Å². The van der Waals surface area contributed by atoms with Gasteiger partial charge in [0.25, 0.3) is 11.5 Å². The molecule has 10 heteroatoms. The number of aromatic nitrogens is 4. The molecule has 35 heavy (non-hydrogen) atoms. The summed E-state index contributed by atoms with van der Waals surface area (Å²) < 4.78 is 29.1. The van der Waals surface area contributed by atoms with Gasteiger partial charge < -0.3 is 9.88 Å². The van der Waals surface area contributed by atoms with Crippen LogP contribution in [0.1, 0.15) is 58.9 Å². The van der Waals surface area contributed by atoms with Gasteiger partial charge in [-0.25, -0.2) is 8.78 Å². The molecule has 0 atom stereocenters. The number of hydrogen-bond donors (Lipinski definition) is 1. The molecule has 0 radical (unpaired) electrons. The molecule has 1 amide bonds. The Morgan fingerprint density at radius 2 is 1.94 bits per heavy atom. The minimum atomic E-state index is -2.66. The van der Waals surface area contributed by atoms with Crippen molar-refractivity contribution in [2.75, 3.05) is 11.4 Å². The van der Waals surface area contributed by atoms with Crippen LogP contribution in [0.15, 0.2) is 35.1 Å². The summed E-state index contributed by atoms with van der Waals surface area (Å²) >= 11 is 6.11. The Morgan fingerprint density at radius 1 is 1.17 bits per heavy atom. The summed E-state index contributed by atoms with van der Waals surface area (Å²) in [6, 6.07) is 9.00. The highest BCUT2D eigenvalue weighted by Gasteiger charge is 2.37. The normalized spacial score (nSPS) is 17.9. The largest absolute Gasteiger partial charge is 0.317 e. The van der Waals surface area contributed by atoms with Crippen LogP contribution in [0.2, 0.25) is 5.02 Å². The minimum absolute atomic E-state index is 0.119. The van der Waals surface area contributed by atoms with E-state index in [1.165, 1.54) is 0 Å². The van der Waals surface area contributed by atoms with Crippen molar-refractivity contribution < 1.29 is 13.6 Å². The number of carbonyl (C=O) groups excluding carboxylic acids is 1. The topological polar surface area (TPSA) is 83.4 Å². The smallest absolute Gasteiger partial charge is 0.294 e. The predicted octanol–water partition coefficient (Wildman–Crippen LogP) is 5.03. The Bertz CT molecular complexity index is 1570. The summed E-state index contributed by atoms with van der Waals surface area (Å²) in [6.07, 6.45) is 0.837. The van der Waals surface area contributed by atoms with Crippen LogP contribution in [0.3, 0.4) is 0 Å². The number of rotatable bonds is 2. The first-order chi connectivity index (χ1) is 16.7. The van der Waals surface area contributed by atoms with Gasteiger partial charge in [0.05, 0.1) is 11.0 Å². The van der Waals surface area contributed by atoms with Crippen LogP contribution in [0, 0.1) is 6.92 Å². The fourth-order valence-corrected chi connectivity index (χ4v) is 5.55. The quantitative estimate of drug-likeness (QED) is 0.421. The lowest BCUT2D eigenvalue weighted by atomic mass is 9.86. The van der Waals surface area contributed by atoms with Crippen LogP contribution in [-0.4, -0.2) is 38.0 Å². The molecule has 7 nitrogen and oxygen atoms in total. The number of nitrogens with one attached hydrogen (secondary N) is 1. The second kappa shape index (κ2) is 7.84. The van der Waals surface area contributed by atoms with E-state index >= 15 is 0 Å². The average molecular weight is 498 g/mol. The van der Waals surface area contributed by atoms with E-state index in [1.807, 2.05) is 25.1 Å². The van der Waals surface area contributed by atoms with Gasteiger partial charge in [-0.2, -0.15) is 0 Å². The van der Waals surface area contributed by atoms with Crippen LogP contribution in [0.5, 0.6) is 0 Å². The van der Waals surface area contributed by atoms with E-state index in [9.17, 15) is 18.4 Å². The fourth-order valence-electron chi connectivity index (χ4n) is 5.36. The van der Waals surface area contributed by atoms with Gasteiger partial charge in [0.1, 0.15) is 5.82 Å². The van der Waals surface area contributed by atoms with Gasteiger partial charge in [0.15, 0.2) is 0 Å². The summed E-state index contributed by atoms with van der Waals surface area (Å²) in [6.45, 7) is 2.39. The zero-order valence-corrected chi connectivity index (χ0v) is 19.7. The number of aromatic amines is 1. The van der Waals surface area contributed by atoms with E-state index < -0.39 is 11.5 Å². The van der Waals surface area contributed by atoms with E-state index in [4.69, 9.17) is 11.6 Å². The number of hydrogen-bond acceptors (Lipinski definition) is 4. The number of nitrogens with zero attached hydrogens (tertiary/aromatic N) is 4. The minimum Gasteiger partial charge on any atom is -0.317 e. The first-order valence-electron chi connectivity index (χ1n) is 11.6. The maximum atomic E-state index is 13.7. The SMILES string of the molecule is Cc1cc2c(cc1C(=O)N1CCc3cc(Cl)ccc31)[nH]c(=O)c1nnc(C3CCC(F)(F)CC3)n12. The van der Waals surface area contributed by atoms with Crippen molar-refractivity contribution in [1.29, 1.82) is 0 Å². The molecular formula is C25H22ClF2N5O2. The molecule has 1 saturated carbocycles. The van der Waals surface area contributed by atoms with Crippen molar-refractivity contribution in [3.05, 3.63) is 68.2 Å². The molecule has 2 aliphatic rings. The molecule has 0 spiro atoms. The van der Waals surface area contributed by atoms with Crippen LogP contribution in [0.25, 0.3) is 16.7 Å². The number of H-pyrrole nitrogens is 1. The zero-order valence-electron chi connectivity index (χ0n) is 18.9. The Labute approximate surface area is 203 Å². The van der Waals surface area contributed by atoms with E-state index in [2.05, 4.69) is 15.2 Å².